The van der Waals surface area contributed by atoms with E-state index >= 15 is 0 Å². The van der Waals surface area contributed by atoms with Crippen LogP contribution in [0.2, 0.25) is 0 Å². The van der Waals surface area contributed by atoms with E-state index in [4.69, 9.17) is 9.84 Å². The van der Waals surface area contributed by atoms with Gasteiger partial charge in [-0.15, -0.1) is 0 Å². The van der Waals surface area contributed by atoms with Crippen molar-refractivity contribution in [2.24, 2.45) is 0 Å². The van der Waals surface area contributed by atoms with Crippen LogP contribution in [0.5, 0.6) is 0 Å². The van der Waals surface area contributed by atoms with Crippen LogP contribution in [0.15, 0.2) is 48.5 Å². The number of nitrogens with zero attached hydrogens (tertiary/aromatic N) is 2. The van der Waals surface area contributed by atoms with Crippen molar-refractivity contribution in [3.05, 3.63) is 59.7 Å². The van der Waals surface area contributed by atoms with Gasteiger partial charge in [0.05, 0.1) is 34.2 Å². The zero-order valence-corrected chi connectivity index (χ0v) is 16.6. The Balaban J connectivity index is 1.73. The maximum absolute atomic E-state index is 12.6. The molecule has 0 atom stereocenters. The Labute approximate surface area is 165 Å². The van der Waals surface area contributed by atoms with Gasteiger partial charge in [-0.3, -0.25) is 9.69 Å². The van der Waals surface area contributed by atoms with Crippen LogP contribution in [0.1, 0.15) is 17.0 Å². The molecule has 28 heavy (non-hydrogen) atoms. The predicted octanol–water partition coefficient (Wildman–Crippen LogP) is 3.03. The summed E-state index contributed by atoms with van der Waals surface area (Å²) in [5.74, 6) is -1.09. The van der Waals surface area contributed by atoms with Gasteiger partial charge < -0.3 is 14.3 Å². The van der Waals surface area contributed by atoms with Crippen molar-refractivity contribution >= 4 is 12.1 Å². The van der Waals surface area contributed by atoms with Gasteiger partial charge in [-0.2, -0.15) is 0 Å². The number of ether oxygens (including phenoxy) is 1. The van der Waals surface area contributed by atoms with Crippen molar-refractivity contribution in [2.75, 3.05) is 47.4 Å². The molecule has 1 aliphatic rings. The standard InChI is InChI=1S/C22H26N2O4/c1-24(2,3)13-12-23(14-21(25)26)22(27)28-15-20-18-10-6-4-8-16(18)17-9-5-7-11-19(17)20/h4-11,20H,12-15H2,1-3H3/p+1. The van der Waals surface area contributed by atoms with Crippen molar-refractivity contribution in [1.82, 2.24) is 4.90 Å². The highest BCUT2D eigenvalue weighted by Gasteiger charge is 2.30. The number of hydrogen-bond donors (Lipinski definition) is 1. The normalized spacial score (nSPS) is 13.0. The van der Waals surface area contributed by atoms with Crippen LogP contribution in [0.3, 0.4) is 0 Å². The fraction of sp³-hybridized carbons (Fsp3) is 0.364. The number of hydrogen-bond acceptors (Lipinski definition) is 3. The minimum absolute atomic E-state index is 0.0403. The monoisotopic (exact) mass is 383 g/mol. The summed E-state index contributed by atoms with van der Waals surface area (Å²) in [6, 6.07) is 16.2. The molecule has 2 aromatic carbocycles. The maximum Gasteiger partial charge on any atom is 0.410 e. The molecule has 3 rings (SSSR count). The van der Waals surface area contributed by atoms with Gasteiger partial charge in [-0.1, -0.05) is 48.5 Å². The number of rotatable bonds is 7. The minimum Gasteiger partial charge on any atom is -0.480 e. The van der Waals surface area contributed by atoms with E-state index in [-0.39, 0.29) is 19.1 Å². The highest BCUT2D eigenvalue weighted by Crippen LogP contribution is 2.44. The average molecular weight is 383 g/mol. The minimum atomic E-state index is -1.05. The van der Waals surface area contributed by atoms with Crippen molar-refractivity contribution < 1.29 is 23.9 Å². The molecule has 0 saturated heterocycles. The molecule has 1 N–H and O–H groups in total. The van der Waals surface area contributed by atoms with E-state index < -0.39 is 12.1 Å². The van der Waals surface area contributed by atoms with Gasteiger partial charge in [-0.05, 0) is 22.3 Å². The second-order valence-corrected chi connectivity index (χ2v) is 8.13. The number of carbonyl (C=O) groups excluding carboxylic acids is 1. The third kappa shape index (κ3) is 4.51. The van der Waals surface area contributed by atoms with Gasteiger partial charge in [0.2, 0.25) is 0 Å². The topological polar surface area (TPSA) is 66.8 Å². The molecule has 0 saturated carbocycles. The molecule has 148 valence electrons. The molecular formula is C22H27N2O4+. The van der Waals surface area contributed by atoms with E-state index in [1.807, 2.05) is 45.4 Å². The van der Waals surface area contributed by atoms with E-state index in [0.29, 0.717) is 17.6 Å². The van der Waals surface area contributed by atoms with E-state index in [1.54, 1.807) is 0 Å². The average Bonchev–Trinajstić information content (AvgIpc) is 2.96. The first-order valence-electron chi connectivity index (χ1n) is 9.38. The van der Waals surface area contributed by atoms with E-state index in [0.717, 1.165) is 22.3 Å². The van der Waals surface area contributed by atoms with Crippen LogP contribution in [0, 0.1) is 0 Å². The summed E-state index contributed by atoms with van der Waals surface area (Å²) in [7, 11) is 5.99. The van der Waals surface area contributed by atoms with Crippen LogP contribution in [0.25, 0.3) is 11.1 Å². The van der Waals surface area contributed by atoms with Gasteiger partial charge in [0.15, 0.2) is 0 Å². The first-order chi connectivity index (χ1) is 13.3. The Morgan fingerprint density at radius 3 is 2.04 bits per heavy atom. The van der Waals surface area contributed by atoms with Crippen molar-refractivity contribution in [3.63, 3.8) is 0 Å². The molecule has 0 radical (unpaired) electrons. The molecule has 6 nitrogen and oxygen atoms in total. The van der Waals surface area contributed by atoms with Crippen LogP contribution >= 0.6 is 0 Å². The molecule has 0 aliphatic heterocycles. The van der Waals surface area contributed by atoms with Gasteiger partial charge in [-0.25, -0.2) is 4.79 Å². The number of carbonyl (C=O) groups is 2. The molecule has 6 heteroatoms. The molecule has 0 aromatic heterocycles. The van der Waals surface area contributed by atoms with Crippen LogP contribution in [-0.2, 0) is 9.53 Å². The Hall–Kier alpha value is -2.86. The van der Waals surface area contributed by atoms with E-state index in [2.05, 4.69) is 24.3 Å². The number of quaternary nitrogens is 1. The summed E-state index contributed by atoms with van der Waals surface area (Å²) in [6.45, 7) is 0.786. The summed E-state index contributed by atoms with van der Waals surface area (Å²) in [4.78, 5) is 25.0. The number of benzene rings is 2. The highest BCUT2D eigenvalue weighted by atomic mass is 16.6. The van der Waals surface area contributed by atoms with Crippen LogP contribution in [0.4, 0.5) is 4.79 Å². The smallest absolute Gasteiger partial charge is 0.410 e. The van der Waals surface area contributed by atoms with Crippen molar-refractivity contribution in [3.8, 4) is 11.1 Å². The van der Waals surface area contributed by atoms with Crippen molar-refractivity contribution in [2.45, 2.75) is 5.92 Å². The number of likely N-dealkylation sites (N-methyl/N-ethyl adjacent to an activating group) is 1. The second-order valence-electron chi connectivity index (χ2n) is 8.13. The first kappa shape index (κ1) is 19.9. The lowest BCUT2D eigenvalue weighted by Crippen LogP contribution is -2.45. The summed E-state index contributed by atoms with van der Waals surface area (Å²) < 4.78 is 6.22. The first-order valence-corrected chi connectivity index (χ1v) is 9.38. The van der Waals surface area contributed by atoms with Crippen LogP contribution < -0.4 is 0 Å². The van der Waals surface area contributed by atoms with E-state index in [1.165, 1.54) is 4.90 Å². The highest BCUT2D eigenvalue weighted by molar-refractivity contribution is 5.79. The second kappa shape index (κ2) is 8.02. The predicted molar refractivity (Wildman–Crippen MR) is 107 cm³/mol. The summed E-state index contributed by atoms with van der Waals surface area (Å²) in [5.41, 5.74) is 4.58. The molecule has 0 bridgehead atoms. The Morgan fingerprint density at radius 2 is 1.54 bits per heavy atom. The lowest BCUT2D eigenvalue weighted by molar-refractivity contribution is -0.869. The Kier molecular flexibility index (Phi) is 5.70. The molecule has 0 unspecified atom stereocenters. The summed E-state index contributed by atoms with van der Waals surface area (Å²) >= 11 is 0. The van der Waals surface area contributed by atoms with Gasteiger partial charge >= 0.3 is 12.1 Å². The molecular weight excluding hydrogens is 356 g/mol. The third-order valence-corrected chi connectivity index (χ3v) is 4.96. The zero-order chi connectivity index (χ0) is 20.3. The molecule has 1 amide bonds. The molecule has 0 heterocycles. The lowest BCUT2D eigenvalue weighted by Gasteiger charge is -2.28. The number of aliphatic carboxylic acids is 1. The molecule has 1 aliphatic carbocycles. The number of carboxylic acids is 1. The Bertz CT molecular complexity index is 827. The number of fused-ring (bicyclic) bond motifs is 3. The largest absolute Gasteiger partial charge is 0.480 e. The quantitative estimate of drug-likeness (QED) is 0.747. The van der Waals surface area contributed by atoms with Gasteiger partial charge in [0, 0.05) is 5.92 Å². The number of carboxylic acid groups (broad SMARTS) is 1. The van der Waals surface area contributed by atoms with Gasteiger partial charge in [0.1, 0.15) is 13.2 Å². The molecule has 2 aromatic rings. The molecule has 0 spiro atoms. The SMILES string of the molecule is C[N+](C)(C)CCN(CC(=O)O)C(=O)OCC1c2ccccc2-c2ccccc21. The van der Waals surface area contributed by atoms with Crippen molar-refractivity contribution in [1.29, 1.82) is 0 Å². The van der Waals surface area contributed by atoms with Gasteiger partial charge in [0.25, 0.3) is 0 Å². The summed E-state index contributed by atoms with van der Waals surface area (Å²) in [5, 5.41) is 9.15. The Morgan fingerprint density at radius 1 is 1.00 bits per heavy atom. The summed E-state index contributed by atoms with van der Waals surface area (Å²) in [6.07, 6.45) is -0.585. The number of amides is 1. The fourth-order valence-electron chi connectivity index (χ4n) is 3.50. The molecule has 0 fully saturated rings. The van der Waals surface area contributed by atoms with Crippen LogP contribution in [-0.4, -0.2) is 73.9 Å². The van der Waals surface area contributed by atoms with E-state index in [9.17, 15) is 9.59 Å². The third-order valence-electron chi connectivity index (χ3n) is 4.96. The lowest BCUT2D eigenvalue weighted by atomic mass is 9.98. The maximum atomic E-state index is 12.6. The zero-order valence-electron chi connectivity index (χ0n) is 16.6. The fourth-order valence-corrected chi connectivity index (χ4v) is 3.50.